The number of hydrogen-bond donors (Lipinski definition) is 2. The number of aromatic nitrogens is 1. The van der Waals surface area contributed by atoms with E-state index in [0.717, 1.165) is 12.1 Å². The van der Waals surface area contributed by atoms with Crippen LogP contribution in [0.5, 0.6) is 0 Å². The summed E-state index contributed by atoms with van der Waals surface area (Å²) < 4.78 is 25.6. The molecule has 1 amide bonds. The van der Waals surface area contributed by atoms with E-state index in [1.807, 2.05) is 0 Å². The van der Waals surface area contributed by atoms with Crippen LogP contribution in [0.2, 0.25) is 0 Å². The fourth-order valence-corrected chi connectivity index (χ4v) is 1.35. The van der Waals surface area contributed by atoms with Crippen molar-refractivity contribution in [2.24, 2.45) is 0 Å². The minimum atomic E-state index is -1.06. The van der Waals surface area contributed by atoms with Crippen LogP contribution in [0.25, 0.3) is 0 Å². The van der Waals surface area contributed by atoms with E-state index < -0.39 is 23.1 Å². The van der Waals surface area contributed by atoms with Crippen molar-refractivity contribution in [3.63, 3.8) is 0 Å². The zero-order chi connectivity index (χ0) is 13.1. The molecule has 0 saturated carbocycles. The zero-order valence-electron chi connectivity index (χ0n) is 9.04. The Morgan fingerprint density at radius 3 is 2.56 bits per heavy atom. The van der Waals surface area contributed by atoms with Crippen LogP contribution >= 0.6 is 0 Å². The third kappa shape index (κ3) is 2.60. The predicted molar refractivity (Wildman–Crippen MR) is 61.4 cm³/mol. The van der Waals surface area contributed by atoms with E-state index in [0.29, 0.717) is 0 Å². The summed E-state index contributed by atoms with van der Waals surface area (Å²) in [6, 6.07) is 7.05. The summed E-state index contributed by atoms with van der Waals surface area (Å²) in [4.78, 5) is 25.0. The molecule has 1 aromatic carbocycles. The van der Waals surface area contributed by atoms with Crippen LogP contribution < -0.4 is 10.9 Å². The smallest absolute Gasteiger partial charge is 0.272 e. The number of hydrogen-bond acceptors (Lipinski definition) is 2. The Kier molecular flexibility index (Phi) is 3.18. The number of amides is 1. The van der Waals surface area contributed by atoms with Crippen molar-refractivity contribution in [1.82, 2.24) is 4.98 Å². The second-order valence-corrected chi connectivity index (χ2v) is 3.51. The summed E-state index contributed by atoms with van der Waals surface area (Å²) in [6.45, 7) is 0. The zero-order valence-corrected chi connectivity index (χ0v) is 9.04. The molecule has 1 heterocycles. The number of rotatable bonds is 2. The summed E-state index contributed by atoms with van der Waals surface area (Å²) in [6.07, 6.45) is 0. The number of pyridine rings is 1. The van der Waals surface area contributed by atoms with Gasteiger partial charge in [-0.15, -0.1) is 0 Å². The first-order valence-electron chi connectivity index (χ1n) is 5.02. The lowest BCUT2D eigenvalue weighted by molar-refractivity contribution is 0.102. The normalized spacial score (nSPS) is 10.1. The predicted octanol–water partition coefficient (Wildman–Crippen LogP) is 1.91. The fourth-order valence-electron chi connectivity index (χ4n) is 1.35. The molecule has 0 aliphatic rings. The second-order valence-electron chi connectivity index (χ2n) is 3.51. The van der Waals surface area contributed by atoms with Gasteiger partial charge in [-0.3, -0.25) is 9.59 Å². The molecule has 0 bridgehead atoms. The summed E-state index contributed by atoms with van der Waals surface area (Å²) >= 11 is 0. The van der Waals surface area contributed by atoms with Gasteiger partial charge < -0.3 is 10.3 Å². The molecule has 0 unspecified atom stereocenters. The molecule has 6 heteroatoms. The maximum atomic E-state index is 12.9. The number of H-pyrrole nitrogens is 1. The molecule has 0 atom stereocenters. The highest BCUT2D eigenvalue weighted by molar-refractivity contribution is 6.02. The lowest BCUT2D eigenvalue weighted by Gasteiger charge is -2.05. The first-order valence-corrected chi connectivity index (χ1v) is 5.02. The minimum Gasteiger partial charge on any atom is -0.321 e. The number of halogens is 2. The first kappa shape index (κ1) is 12.0. The van der Waals surface area contributed by atoms with Crippen molar-refractivity contribution in [2.45, 2.75) is 0 Å². The van der Waals surface area contributed by atoms with Crippen molar-refractivity contribution in [2.75, 3.05) is 5.32 Å². The van der Waals surface area contributed by atoms with E-state index in [-0.39, 0.29) is 11.4 Å². The Balaban J connectivity index is 2.21. The van der Waals surface area contributed by atoms with Crippen LogP contribution in [0.3, 0.4) is 0 Å². The molecule has 0 aliphatic heterocycles. The Morgan fingerprint density at radius 1 is 1.11 bits per heavy atom. The van der Waals surface area contributed by atoms with Crippen LogP contribution in [0.4, 0.5) is 14.5 Å². The molecule has 0 spiro atoms. The first-order chi connectivity index (χ1) is 8.56. The highest BCUT2D eigenvalue weighted by Gasteiger charge is 2.08. The van der Waals surface area contributed by atoms with Gasteiger partial charge in [0.2, 0.25) is 5.56 Å². The number of carbonyl (C=O) groups excluding carboxylic acids is 1. The molecular weight excluding hydrogens is 242 g/mol. The van der Waals surface area contributed by atoms with Crippen molar-refractivity contribution >= 4 is 11.6 Å². The minimum absolute atomic E-state index is 0.0345. The Morgan fingerprint density at radius 2 is 1.89 bits per heavy atom. The van der Waals surface area contributed by atoms with Crippen molar-refractivity contribution < 1.29 is 13.6 Å². The van der Waals surface area contributed by atoms with Gasteiger partial charge in [0.05, 0.1) is 0 Å². The lowest BCUT2D eigenvalue weighted by atomic mass is 10.2. The van der Waals surface area contributed by atoms with Gasteiger partial charge in [0.15, 0.2) is 11.6 Å². The van der Waals surface area contributed by atoms with Crippen LogP contribution in [-0.4, -0.2) is 10.9 Å². The number of nitrogens with one attached hydrogen (secondary N) is 2. The van der Waals surface area contributed by atoms with Gasteiger partial charge in [0, 0.05) is 17.8 Å². The van der Waals surface area contributed by atoms with E-state index in [9.17, 15) is 18.4 Å². The standard InChI is InChI=1S/C12H8F2N2O2/c13-8-5-4-7(6-9(8)14)15-12(18)10-2-1-3-11(17)16-10/h1-6H,(H,15,18)(H,16,17). The molecule has 92 valence electrons. The van der Waals surface area contributed by atoms with Gasteiger partial charge in [0.1, 0.15) is 5.69 Å². The van der Waals surface area contributed by atoms with Gasteiger partial charge in [-0.2, -0.15) is 0 Å². The van der Waals surface area contributed by atoms with E-state index in [1.165, 1.54) is 24.3 Å². The molecule has 2 N–H and O–H groups in total. The third-order valence-electron chi connectivity index (χ3n) is 2.19. The van der Waals surface area contributed by atoms with E-state index in [2.05, 4.69) is 10.3 Å². The second kappa shape index (κ2) is 4.79. The monoisotopic (exact) mass is 250 g/mol. The fraction of sp³-hybridized carbons (Fsp3) is 0. The molecule has 0 radical (unpaired) electrons. The molecule has 0 aliphatic carbocycles. The van der Waals surface area contributed by atoms with Crippen molar-refractivity contribution in [3.8, 4) is 0 Å². The molecule has 0 fully saturated rings. The highest BCUT2D eigenvalue weighted by atomic mass is 19.2. The molecule has 4 nitrogen and oxygen atoms in total. The van der Waals surface area contributed by atoms with E-state index in [1.54, 1.807) is 0 Å². The molecule has 18 heavy (non-hydrogen) atoms. The van der Waals surface area contributed by atoms with Gasteiger partial charge in [-0.1, -0.05) is 6.07 Å². The number of benzene rings is 1. The van der Waals surface area contributed by atoms with E-state index >= 15 is 0 Å². The molecular formula is C12H8F2N2O2. The van der Waals surface area contributed by atoms with Gasteiger partial charge in [-0.25, -0.2) is 8.78 Å². The number of anilines is 1. The summed E-state index contributed by atoms with van der Waals surface area (Å²) in [5, 5.41) is 2.34. The Hall–Kier alpha value is -2.50. The summed E-state index contributed by atoms with van der Waals surface area (Å²) in [7, 11) is 0. The van der Waals surface area contributed by atoms with Crippen LogP contribution in [-0.2, 0) is 0 Å². The van der Waals surface area contributed by atoms with Crippen molar-refractivity contribution in [1.29, 1.82) is 0 Å². The average molecular weight is 250 g/mol. The Bertz CT molecular complexity index is 653. The van der Waals surface area contributed by atoms with Crippen LogP contribution in [0, 0.1) is 11.6 Å². The van der Waals surface area contributed by atoms with Crippen LogP contribution in [0.15, 0.2) is 41.2 Å². The van der Waals surface area contributed by atoms with Crippen molar-refractivity contribution in [3.05, 3.63) is 64.1 Å². The lowest BCUT2D eigenvalue weighted by Crippen LogP contribution is -2.17. The largest absolute Gasteiger partial charge is 0.321 e. The quantitative estimate of drug-likeness (QED) is 0.855. The average Bonchev–Trinajstić information content (AvgIpc) is 2.34. The summed E-state index contributed by atoms with van der Waals surface area (Å²) in [5.41, 5.74) is -0.288. The number of aromatic amines is 1. The summed E-state index contributed by atoms with van der Waals surface area (Å²) in [5.74, 6) is -2.67. The maximum Gasteiger partial charge on any atom is 0.272 e. The van der Waals surface area contributed by atoms with Gasteiger partial charge in [-0.05, 0) is 18.2 Å². The van der Waals surface area contributed by atoms with Gasteiger partial charge >= 0.3 is 0 Å². The third-order valence-corrected chi connectivity index (χ3v) is 2.19. The SMILES string of the molecule is O=C(Nc1ccc(F)c(F)c1)c1cccc(=O)[nH]1. The van der Waals surface area contributed by atoms with Gasteiger partial charge in [0.25, 0.3) is 5.91 Å². The molecule has 1 aromatic heterocycles. The van der Waals surface area contributed by atoms with Crippen LogP contribution in [0.1, 0.15) is 10.5 Å². The van der Waals surface area contributed by atoms with E-state index in [4.69, 9.17) is 0 Å². The molecule has 2 aromatic rings. The topological polar surface area (TPSA) is 62.0 Å². The Labute approximate surface area is 100 Å². The number of carbonyl (C=O) groups is 1. The highest BCUT2D eigenvalue weighted by Crippen LogP contribution is 2.13. The molecule has 0 saturated heterocycles. The molecule has 2 rings (SSSR count). The maximum absolute atomic E-state index is 12.9.